The lowest BCUT2D eigenvalue weighted by Gasteiger charge is -2.13. The van der Waals surface area contributed by atoms with Gasteiger partial charge in [-0.2, -0.15) is 0 Å². The monoisotopic (exact) mass is 295 g/mol. The van der Waals surface area contributed by atoms with Crippen LogP contribution in [-0.2, 0) is 9.53 Å². The van der Waals surface area contributed by atoms with E-state index in [1.807, 2.05) is 12.1 Å². The first kappa shape index (κ1) is 16.4. The first-order valence-corrected chi connectivity index (χ1v) is 6.92. The predicted octanol–water partition coefficient (Wildman–Crippen LogP) is 2.16. The van der Waals surface area contributed by atoms with E-state index < -0.39 is 0 Å². The Labute approximate surface area is 125 Å². The van der Waals surface area contributed by atoms with E-state index in [2.05, 4.69) is 46.9 Å². The van der Waals surface area contributed by atoms with Gasteiger partial charge in [0.2, 0.25) is 0 Å². The lowest BCUT2D eigenvalue weighted by molar-refractivity contribution is -0.125. The van der Waals surface area contributed by atoms with Gasteiger partial charge in [-0.25, -0.2) is 0 Å². The lowest BCUT2D eigenvalue weighted by Crippen LogP contribution is -2.45. The number of carbonyl (C=O) groups is 1. The van der Waals surface area contributed by atoms with Crippen molar-refractivity contribution in [2.75, 3.05) is 19.0 Å². The lowest BCUT2D eigenvalue weighted by atomic mass is 9.99. The molecule has 0 fully saturated rings. The highest BCUT2D eigenvalue weighted by Gasteiger charge is 2.04. The van der Waals surface area contributed by atoms with E-state index in [0.717, 1.165) is 12.1 Å². The first-order chi connectivity index (χ1) is 9.56. The van der Waals surface area contributed by atoms with E-state index in [-0.39, 0.29) is 12.5 Å². The molecule has 3 N–H and O–H groups in total. The van der Waals surface area contributed by atoms with E-state index in [4.69, 9.17) is 12.2 Å². The number of hydrogen-bond acceptors (Lipinski definition) is 3. The van der Waals surface area contributed by atoms with Crippen molar-refractivity contribution in [2.45, 2.75) is 26.2 Å². The standard InChI is InChI=1S/C14H21N3O2S/c1-4-10(2)11-5-7-12(8-6-11)15-14(20)17-16-13(18)9-19-3/h5-8,10H,4,9H2,1-3H3,(H,16,18)(H2,15,17,20)/t10-/m0/s1. The summed E-state index contributed by atoms with van der Waals surface area (Å²) in [5.74, 6) is 0.256. The molecular weight excluding hydrogens is 274 g/mol. The molecule has 1 amide bonds. The molecular formula is C14H21N3O2S. The number of amides is 1. The summed E-state index contributed by atoms with van der Waals surface area (Å²) in [6, 6.07) is 8.07. The highest BCUT2D eigenvalue weighted by atomic mass is 32.1. The van der Waals surface area contributed by atoms with Gasteiger partial charge in [0.05, 0.1) is 0 Å². The second kappa shape index (κ2) is 8.50. The predicted molar refractivity (Wildman–Crippen MR) is 84.5 cm³/mol. The number of rotatable bonds is 5. The molecule has 1 atom stereocenters. The van der Waals surface area contributed by atoms with Crippen LogP contribution in [0, 0.1) is 0 Å². The number of hydrogen-bond donors (Lipinski definition) is 3. The molecule has 5 nitrogen and oxygen atoms in total. The average molecular weight is 295 g/mol. The molecule has 1 aromatic rings. The second-order valence-electron chi connectivity index (χ2n) is 4.49. The molecule has 0 aromatic heterocycles. The van der Waals surface area contributed by atoms with E-state index in [0.29, 0.717) is 11.0 Å². The van der Waals surface area contributed by atoms with Crippen molar-refractivity contribution >= 4 is 28.9 Å². The summed E-state index contributed by atoms with van der Waals surface area (Å²) < 4.78 is 4.68. The van der Waals surface area contributed by atoms with Gasteiger partial charge in [0.1, 0.15) is 6.61 Å². The number of thiocarbonyl (C=S) groups is 1. The number of anilines is 1. The Morgan fingerprint density at radius 3 is 2.50 bits per heavy atom. The van der Waals surface area contributed by atoms with Crippen LogP contribution < -0.4 is 16.2 Å². The number of nitrogens with one attached hydrogen (secondary N) is 3. The van der Waals surface area contributed by atoms with Crippen molar-refractivity contribution in [3.05, 3.63) is 29.8 Å². The fourth-order valence-corrected chi connectivity index (χ4v) is 1.76. The Bertz CT molecular complexity index is 448. The van der Waals surface area contributed by atoms with E-state index in [9.17, 15) is 4.79 Å². The summed E-state index contributed by atoms with van der Waals surface area (Å²) in [6.07, 6.45) is 1.11. The van der Waals surface area contributed by atoms with Crippen LogP contribution in [0.25, 0.3) is 0 Å². The second-order valence-corrected chi connectivity index (χ2v) is 4.90. The van der Waals surface area contributed by atoms with E-state index >= 15 is 0 Å². The highest BCUT2D eigenvalue weighted by molar-refractivity contribution is 7.80. The van der Waals surface area contributed by atoms with Gasteiger partial charge in [-0.1, -0.05) is 26.0 Å². The molecule has 0 aliphatic carbocycles. The Morgan fingerprint density at radius 2 is 1.95 bits per heavy atom. The summed E-state index contributed by atoms with van der Waals surface area (Å²) in [4.78, 5) is 11.2. The molecule has 0 unspecified atom stereocenters. The van der Waals surface area contributed by atoms with Crippen LogP contribution in [0.5, 0.6) is 0 Å². The molecule has 0 saturated carbocycles. The summed E-state index contributed by atoms with van der Waals surface area (Å²) in [5, 5.41) is 3.31. The zero-order valence-corrected chi connectivity index (χ0v) is 12.8. The molecule has 0 aliphatic heterocycles. The molecule has 20 heavy (non-hydrogen) atoms. The Kier molecular flexibility index (Phi) is 6.97. The summed E-state index contributed by atoms with van der Waals surface area (Å²) in [6.45, 7) is 4.34. The minimum absolute atomic E-state index is 0.0147. The molecule has 1 rings (SSSR count). The zero-order chi connectivity index (χ0) is 15.0. The quantitative estimate of drug-likeness (QED) is 0.574. The van der Waals surface area contributed by atoms with Crippen LogP contribution in [0.1, 0.15) is 31.7 Å². The molecule has 1 aromatic carbocycles. The van der Waals surface area contributed by atoms with Crippen molar-refractivity contribution in [1.82, 2.24) is 10.9 Å². The minimum Gasteiger partial charge on any atom is -0.375 e. The fraction of sp³-hybridized carbons (Fsp3) is 0.429. The van der Waals surface area contributed by atoms with Gasteiger partial charge >= 0.3 is 0 Å². The van der Waals surface area contributed by atoms with Gasteiger partial charge in [0.15, 0.2) is 5.11 Å². The van der Waals surface area contributed by atoms with Crippen LogP contribution in [0.2, 0.25) is 0 Å². The average Bonchev–Trinajstić information content (AvgIpc) is 2.45. The Morgan fingerprint density at radius 1 is 1.30 bits per heavy atom. The molecule has 0 radical (unpaired) electrons. The van der Waals surface area contributed by atoms with Gasteiger partial charge in [-0.15, -0.1) is 0 Å². The van der Waals surface area contributed by atoms with Crippen molar-refractivity contribution in [3.63, 3.8) is 0 Å². The summed E-state index contributed by atoms with van der Waals surface area (Å²) in [7, 11) is 1.45. The highest BCUT2D eigenvalue weighted by Crippen LogP contribution is 2.20. The maximum atomic E-state index is 11.2. The van der Waals surface area contributed by atoms with Crippen molar-refractivity contribution in [1.29, 1.82) is 0 Å². The third kappa shape index (κ3) is 5.54. The number of ether oxygens (including phenoxy) is 1. The maximum Gasteiger partial charge on any atom is 0.264 e. The Hall–Kier alpha value is -1.66. The van der Waals surface area contributed by atoms with E-state index in [1.165, 1.54) is 12.7 Å². The summed E-state index contributed by atoms with van der Waals surface area (Å²) in [5.41, 5.74) is 7.20. The Balaban J connectivity index is 2.44. The van der Waals surface area contributed by atoms with Gasteiger partial charge < -0.3 is 10.1 Å². The molecule has 0 aliphatic rings. The number of benzene rings is 1. The molecule has 6 heteroatoms. The van der Waals surface area contributed by atoms with Crippen LogP contribution in [0.4, 0.5) is 5.69 Å². The maximum absolute atomic E-state index is 11.2. The van der Waals surface area contributed by atoms with Crippen LogP contribution in [-0.4, -0.2) is 24.7 Å². The molecule has 0 heterocycles. The minimum atomic E-state index is -0.288. The van der Waals surface area contributed by atoms with Gasteiger partial charge in [0.25, 0.3) is 5.91 Å². The first-order valence-electron chi connectivity index (χ1n) is 6.51. The number of methoxy groups -OCH3 is 1. The third-order valence-corrected chi connectivity index (χ3v) is 3.14. The van der Waals surface area contributed by atoms with E-state index in [1.54, 1.807) is 0 Å². The number of hydrazine groups is 1. The van der Waals surface area contributed by atoms with Crippen molar-refractivity contribution in [2.24, 2.45) is 0 Å². The normalized spacial score (nSPS) is 11.6. The summed E-state index contributed by atoms with van der Waals surface area (Å²) >= 11 is 5.07. The van der Waals surface area contributed by atoms with Gasteiger partial charge in [-0.05, 0) is 42.3 Å². The number of carbonyl (C=O) groups excluding carboxylic acids is 1. The molecule has 0 bridgehead atoms. The molecule has 110 valence electrons. The van der Waals surface area contributed by atoms with Crippen LogP contribution in [0.15, 0.2) is 24.3 Å². The largest absolute Gasteiger partial charge is 0.375 e. The molecule has 0 spiro atoms. The van der Waals surface area contributed by atoms with Crippen molar-refractivity contribution in [3.8, 4) is 0 Å². The topological polar surface area (TPSA) is 62.4 Å². The zero-order valence-electron chi connectivity index (χ0n) is 12.0. The smallest absolute Gasteiger partial charge is 0.264 e. The van der Waals surface area contributed by atoms with Crippen LogP contribution >= 0.6 is 12.2 Å². The van der Waals surface area contributed by atoms with Gasteiger partial charge in [-0.3, -0.25) is 15.6 Å². The fourth-order valence-electron chi connectivity index (χ4n) is 1.59. The van der Waals surface area contributed by atoms with Crippen LogP contribution in [0.3, 0.4) is 0 Å². The SMILES string of the molecule is CC[C@H](C)c1ccc(NC(=S)NNC(=O)COC)cc1. The van der Waals surface area contributed by atoms with Gasteiger partial charge in [0, 0.05) is 12.8 Å². The molecule has 0 saturated heterocycles. The van der Waals surface area contributed by atoms with Crippen molar-refractivity contribution < 1.29 is 9.53 Å². The third-order valence-electron chi connectivity index (χ3n) is 2.94.